The molecule has 0 radical (unpaired) electrons. The molecule has 2 rings (SSSR count). The maximum atomic E-state index is 13.5. The van der Waals surface area contributed by atoms with E-state index in [1.54, 1.807) is 0 Å². The van der Waals surface area contributed by atoms with Crippen LogP contribution in [0.2, 0.25) is 10.0 Å². The summed E-state index contributed by atoms with van der Waals surface area (Å²) >= 11 is 11.2. The Morgan fingerprint density at radius 3 is 2.21 bits per heavy atom. The Kier molecular flexibility index (Phi) is 6.96. The molecule has 0 fully saturated rings. The van der Waals surface area contributed by atoms with E-state index in [2.05, 4.69) is 4.74 Å². The van der Waals surface area contributed by atoms with E-state index in [0.717, 1.165) is 18.2 Å². The van der Waals surface area contributed by atoms with Crippen LogP contribution >= 0.6 is 23.2 Å². The molecular formula is C19H14Cl2F4O3. The van der Waals surface area contributed by atoms with Gasteiger partial charge in [-0.1, -0.05) is 41.4 Å². The molecule has 0 aromatic heterocycles. The summed E-state index contributed by atoms with van der Waals surface area (Å²) in [5, 5.41) is -1.01. The number of benzene rings is 2. The summed E-state index contributed by atoms with van der Waals surface area (Å²) < 4.78 is 63.8. The Bertz CT molecular complexity index is 888. The minimum atomic E-state index is -4.67. The van der Waals surface area contributed by atoms with Crippen molar-refractivity contribution in [3.63, 3.8) is 0 Å². The average molecular weight is 437 g/mol. The van der Waals surface area contributed by atoms with Crippen molar-refractivity contribution in [1.29, 1.82) is 0 Å². The van der Waals surface area contributed by atoms with Crippen molar-refractivity contribution in [2.45, 2.75) is 12.1 Å². The predicted octanol–water partition coefficient (Wildman–Crippen LogP) is 6.29. The number of hydrogen-bond donors (Lipinski definition) is 0. The van der Waals surface area contributed by atoms with Gasteiger partial charge in [-0.2, -0.15) is 13.2 Å². The molecule has 0 aliphatic carbocycles. The molecule has 28 heavy (non-hydrogen) atoms. The Labute approximate surface area is 168 Å². The molecule has 3 nitrogen and oxygen atoms in total. The first kappa shape index (κ1) is 22.0. The highest BCUT2D eigenvalue weighted by Gasteiger charge is 2.39. The van der Waals surface area contributed by atoms with E-state index in [4.69, 9.17) is 27.9 Å². The van der Waals surface area contributed by atoms with Crippen molar-refractivity contribution in [2.24, 2.45) is 0 Å². The molecule has 9 heteroatoms. The molecule has 0 amide bonds. The summed E-state index contributed by atoms with van der Waals surface area (Å²) in [4.78, 5) is 11.7. The van der Waals surface area contributed by atoms with Crippen molar-refractivity contribution in [3.8, 4) is 5.75 Å². The van der Waals surface area contributed by atoms with Crippen LogP contribution in [0.3, 0.4) is 0 Å². The first-order valence-electron chi connectivity index (χ1n) is 7.74. The lowest BCUT2D eigenvalue weighted by Gasteiger charge is -2.18. The summed E-state index contributed by atoms with van der Waals surface area (Å²) in [6.45, 7) is 0. The second kappa shape index (κ2) is 8.84. The molecule has 0 saturated heterocycles. The normalized spacial score (nSPS) is 12.9. The molecule has 0 heterocycles. The van der Waals surface area contributed by atoms with Crippen LogP contribution in [0.5, 0.6) is 5.75 Å². The molecule has 2 aromatic rings. The van der Waals surface area contributed by atoms with Crippen LogP contribution in [-0.4, -0.2) is 26.4 Å². The van der Waals surface area contributed by atoms with Crippen molar-refractivity contribution >= 4 is 35.2 Å². The number of alkyl halides is 3. The highest BCUT2D eigenvalue weighted by Crippen LogP contribution is 2.39. The van der Waals surface area contributed by atoms with Gasteiger partial charge in [-0.25, -0.2) is 9.18 Å². The minimum Gasteiger partial charge on any atom is -0.496 e. The Balaban J connectivity index is 2.43. The summed E-state index contributed by atoms with van der Waals surface area (Å²) in [5.41, 5.74) is 0.169. The smallest absolute Gasteiger partial charge is 0.399 e. The quantitative estimate of drug-likeness (QED) is 0.314. The zero-order chi connectivity index (χ0) is 21.1. The minimum absolute atomic E-state index is 0.131. The summed E-state index contributed by atoms with van der Waals surface area (Å²) in [5.74, 6) is -3.56. The molecule has 0 saturated carbocycles. The summed E-state index contributed by atoms with van der Waals surface area (Å²) in [7, 11) is 2.51. The highest BCUT2D eigenvalue weighted by molar-refractivity contribution is 6.35. The maximum absolute atomic E-state index is 13.5. The topological polar surface area (TPSA) is 35.5 Å². The van der Waals surface area contributed by atoms with Gasteiger partial charge in [0.25, 0.3) is 0 Å². The monoisotopic (exact) mass is 436 g/mol. The number of carbonyl (C=O) groups is 1. The van der Waals surface area contributed by atoms with Gasteiger partial charge in [-0.15, -0.1) is 0 Å². The molecular weight excluding hydrogens is 423 g/mol. The van der Waals surface area contributed by atoms with E-state index in [9.17, 15) is 22.4 Å². The Hall–Kier alpha value is -2.25. The highest BCUT2D eigenvalue weighted by atomic mass is 35.5. The van der Waals surface area contributed by atoms with E-state index in [-0.39, 0.29) is 16.9 Å². The number of halogens is 6. The number of hydrogen-bond acceptors (Lipinski definition) is 3. The van der Waals surface area contributed by atoms with Gasteiger partial charge in [0.2, 0.25) is 0 Å². The van der Waals surface area contributed by atoms with Crippen LogP contribution in [-0.2, 0) is 4.74 Å². The number of allylic oxidation sites excluding steroid dienone is 1. The average Bonchev–Trinajstić information content (AvgIpc) is 2.64. The van der Waals surface area contributed by atoms with Gasteiger partial charge in [-0.3, -0.25) is 0 Å². The molecule has 0 aliphatic heterocycles. The van der Waals surface area contributed by atoms with Crippen molar-refractivity contribution in [2.75, 3.05) is 14.2 Å². The van der Waals surface area contributed by atoms with Gasteiger partial charge >= 0.3 is 12.1 Å². The summed E-state index contributed by atoms with van der Waals surface area (Å²) in [6.07, 6.45) is -2.59. The molecule has 1 unspecified atom stereocenters. The molecule has 2 aromatic carbocycles. The lowest BCUT2D eigenvalue weighted by molar-refractivity contribution is -0.139. The fourth-order valence-corrected chi connectivity index (χ4v) is 2.97. The van der Waals surface area contributed by atoms with Crippen LogP contribution in [0.4, 0.5) is 17.6 Å². The first-order valence-corrected chi connectivity index (χ1v) is 8.49. The number of carbonyl (C=O) groups excluding carboxylic acids is 1. The van der Waals surface area contributed by atoms with Crippen LogP contribution < -0.4 is 4.74 Å². The number of methoxy groups -OCH3 is 2. The van der Waals surface area contributed by atoms with Gasteiger partial charge in [0, 0.05) is 0 Å². The molecule has 150 valence electrons. The largest absolute Gasteiger partial charge is 0.496 e. The molecule has 0 aliphatic rings. The van der Waals surface area contributed by atoms with E-state index >= 15 is 0 Å². The Morgan fingerprint density at radius 2 is 1.71 bits per heavy atom. The van der Waals surface area contributed by atoms with E-state index < -0.39 is 33.9 Å². The molecule has 1 atom stereocenters. The zero-order valence-corrected chi connectivity index (χ0v) is 16.1. The third kappa shape index (κ3) is 4.97. The van der Waals surface area contributed by atoms with Gasteiger partial charge in [0.15, 0.2) is 5.82 Å². The Morgan fingerprint density at radius 1 is 1.11 bits per heavy atom. The SMILES string of the molecule is COC(=O)c1ccc(/C=C/C(c2cc(Cl)c(F)c(Cl)c2)C(F)(F)F)cc1OC. The second-order valence-electron chi connectivity index (χ2n) is 5.63. The van der Waals surface area contributed by atoms with Crippen molar-refractivity contribution in [1.82, 2.24) is 0 Å². The predicted molar refractivity (Wildman–Crippen MR) is 98.6 cm³/mol. The summed E-state index contributed by atoms with van der Waals surface area (Å²) in [6, 6.07) is 5.96. The van der Waals surface area contributed by atoms with Gasteiger partial charge in [0.1, 0.15) is 11.3 Å². The van der Waals surface area contributed by atoms with Crippen molar-refractivity contribution < 1.29 is 31.8 Å². The van der Waals surface area contributed by atoms with Crippen LogP contribution in [0.15, 0.2) is 36.4 Å². The third-order valence-corrected chi connectivity index (χ3v) is 4.38. The van der Waals surface area contributed by atoms with Crippen LogP contribution in [0, 0.1) is 5.82 Å². The number of ether oxygens (including phenoxy) is 2. The van der Waals surface area contributed by atoms with Crippen LogP contribution in [0.1, 0.15) is 27.4 Å². The van der Waals surface area contributed by atoms with Crippen molar-refractivity contribution in [3.05, 3.63) is 69.0 Å². The van der Waals surface area contributed by atoms with E-state index in [1.165, 1.54) is 38.5 Å². The third-order valence-electron chi connectivity index (χ3n) is 3.83. The van der Waals surface area contributed by atoms with E-state index in [0.29, 0.717) is 5.56 Å². The zero-order valence-electron chi connectivity index (χ0n) is 14.6. The molecule has 0 spiro atoms. The molecule has 0 N–H and O–H groups in total. The fourth-order valence-electron chi connectivity index (χ4n) is 2.46. The van der Waals surface area contributed by atoms with Gasteiger partial charge < -0.3 is 9.47 Å². The standard InChI is InChI=1S/C19H14Cl2F4O3/c1-27-16-7-10(3-5-12(16)18(26)28-2)4-6-13(19(23,24)25)11-8-14(20)17(22)15(21)9-11/h3-9,13H,1-2H3/b6-4+. The van der Waals surface area contributed by atoms with Gasteiger partial charge in [0.05, 0.1) is 30.2 Å². The number of esters is 1. The number of rotatable bonds is 5. The van der Waals surface area contributed by atoms with Crippen LogP contribution in [0.25, 0.3) is 6.08 Å². The first-order chi connectivity index (χ1) is 13.1. The lowest BCUT2D eigenvalue weighted by Crippen LogP contribution is -2.19. The maximum Gasteiger partial charge on any atom is 0.399 e. The van der Waals surface area contributed by atoms with Gasteiger partial charge in [-0.05, 0) is 35.4 Å². The fraction of sp³-hybridized carbons (Fsp3) is 0.211. The van der Waals surface area contributed by atoms with E-state index in [1.807, 2.05) is 0 Å². The lowest BCUT2D eigenvalue weighted by atomic mass is 9.96. The molecule has 0 bridgehead atoms. The second-order valence-corrected chi connectivity index (χ2v) is 6.44.